The van der Waals surface area contributed by atoms with Gasteiger partial charge >= 0.3 is 6.09 Å². The number of carbonyl (C=O) groups is 1. The molecular formula is C13H26N2O2. The van der Waals surface area contributed by atoms with Crippen molar-refractivity contribution < 1.29 is 9.53 Å². The molecule has 1 aliphatic rings. The van der Waals surface area contributed by atoms with Gasteiger partial charge in [-0.15, -0.1) is 0 Å². The molecule has 0 aliphatic carbocycles. The summed E-state index contributed by atoms with van der Waals surface area (Å²) in [6.07, 6.45) is -0.189. The molecule has 1 heterocycles. The Bertz CT molecular complexity index is 265. The molecule has 1 atom stereocenters. The van der Waals surface area contributed by atoms with Crippen molar-refractivity contribution in [2.75, 3.05) is 13.1 Å². The average molecular weight is 242 g/mol. The van der Waals surface area contributed by atoms with Crippen molar-refractivity contribution in [3.63, 3.8) is 0 Å². The third kappa shape index (κ3) is 4.54. The summed E-state index contributed by atoms with van der Waals surface area (Å²) in [6.45, 7) is 13.7. The minimum atomic E-state index is -0.399. The number of rotatable bonds is 3. The molecule has 100 valence electrons. The Balaban J connectivity index is 2.29. The van der Waals surface area contributed by atoms with E-state index in [1.54, 1.807) is 4.90 Å². The van der Waals surface area contributed by atoms with Crippen LogP contribution in [0.25, 0.3) is 0 Å². The normalized spacial score (nSPS) is 19.1. The molecular weight excluding hydrogens is 216 g/mol. The van der Waals surface area contributed by atoms with E-state index < -0.39 is 5.60 Å². The van der Waals surface area contributed by atoms with Gasteiger partial charge in [-0.1, -0.05) is 13.8 Å². The molecule has 4 nitrogen and oxygen atoms in total. The summed E-state index contributed by atoms with van der Waals surface area (Å²) in [6, 6.07) is 0.939. The highest BCUT2D eigenvalue weighted by Crippen LogP contribution is 2.22. The molecule has 0 saturated carbocycles. The molecule has 0 aromatic carbocycles. The van der Waals surface area contributed by atoms with Crippen molar-refractivity contribution in [2.24, 2.45) is 5.92 Å². The van der Waals surface area contributed by atoms with E-state index in [0.717, 1.165) is 13.1 Å². The van der Waals surface area contributed by atoms with Gasteiger partial charge in [0.05, 0.1) is 0 Å². The summed E-state index contributed by atoms with van der Waals surface area (Å²) in [4.78, 5) is 13.5. The predicted molar refractivity (Wildman–Crippen MR) is 69.0 cm³/mol. The summed E-state index contributed by atoms with van der Waals surface area (Å²) in [5.41, 5.74) is -0.399. The zero-order chi connectivity index (χ0) is 13.2. The van der Waals surface area contributed by atoms with E-state index in [0.29, 0.717) is 18.0 Å². The van der Waals surface area contributed by atoms with Crippen molar-refractivity contribution >= 4 is 6.09 Å². The second-order valence-electron chi connectivity index (χ2n) is 6.26. The van der Waals surface area contributed by atoms with E-state index in [-0.39, 0.29) is 6.09 Å². The van der Waals surface area contributed by atoms with E-state index in [4.69, 9.17) is 4.74 Å². The number of amides is 1. The number of hydrogen-bond acceptors (Lipinski definition) is 3. The van der Waals surface area contributed by atoms with Crippen LogP contribution in [-0.4, -0.2) is 41.8 Å². The SMILES string of the molecule is CC(C)NC(C)C1CN(C(=O)OC(C)(C)C)C1. The first-order chi connectivity index (χ1) is 7.69. The van der Waals surface area contributed by atoms with Crippen LogP contribution in [0.5, 0.6) is 0 Å². The lowest BCUT2D eigenvalue weighted by Gasteiger charge is -2.43. The number of hydrogen-bond donors (Lipinski definition) is 1. The molecule has 1 rings (SSSR count). The lowest BCUT2D eigenvalue weighted by Crippen LogP contribution is -2.58. The molecule has 1 aliphatic heterocycles. The summed E-state index contributed by atoms with van der Waals surface area (Å²) in [5.74, 6) is 0.546. The molecule has 0 aromatic heterocycles. The van der Waals surface area contributed by atoms with Crippen LogP contribution in [0.15, 0.2) is 0 Å². The standard InChI is InChI=1S/C13H26N2O2/c1-9(2)14-10(3)11-7-15(8-11)12(16)17-13(4,5)6/h9-11,14H,7-8H2,1-6H3. The van der Waals surface area contributed by atoms with Gasteiger partial charge in [0.15, 0.2) is 0 Å². The predicted octanol–water partition coefficient (Wildman–Crippen LogP) is 2.24. The van der Waals surface area contributed by atoms with Crippen LogP contribution in [0.2, 0.25) is 0 Å². The third-order valence-electron chi connectivity index (χ3n) is 2.86. The van der Waals surface area contributed by atoms with Gasteiger partial charge < -0.3 is 15.0 Å². The van der Waals surface area contributed by atoms with Crippen LogP contribution in [0.3, 0.4) is 0 Å². The first-order valence-corrected chi connectivity index (χ1v) is 6.43. The van der Waals surface area contributed by atoms with Crippen molar-refractivity contribution in [3.8, 4) is 0 Å². The molecule has 1 unspecified atom stereocenters. The summed E-state index contributed by atoms with van der Waals surface area (Å²) in [5, 5.41) is 3.47. The van der Waals surface area contributed by atoms with Gasteiger partial charge in [0.1, 0.15) is 5.60 Å². The maximum Gasteiger partial charge on any atom is 0.410 e. The molecule has 0 aromatic rings. The van der Waals surface area contributed by atoms with Gasteiger partial charge in [0.2, 0.25) is 0 Å². The maximum absolute atomic E-state index is 11.7. The molecule has 1 amide bonds. The van der Waals surface area contributed by atoms with Crippen LogP contribution in [0.1, 0.15) is 41.5 Å². The summed E-state index contributed by atoms with van der Waals surface area (Å²) < 4.78 is 5.32. The molecule has 1 N–H and O–H groups in total. The van der Waals surface area contributed by atoms with Gasteiger partial charge in [0.25, 0.3) is 0 Å². The van der Waals surface area contributed by atoms with E-state index in [9.17, 15) is 4.79 Å². The molecule has 0 bridgehead atoms. The van der Waals surface area contributed by atoms with E-state index in [1.165, 1.54) is 0 Å². The fourth-order valence-corrected chi connectivity index (χ4v) is 1.97. The Morgan fingerprint density at radius 1 is 1.29 bits per heavy atom. The zero-order valence-corrected chi connectivity index (χ0v) is 11.9. The van der Waals surface area contributed by atoms with Crippen LogP contribution in [0, 0.1) is 5.92 Å². The smallest absolute Gasteiger partial charge is 0.410 e. The highest BCUT2D eigenvalue weighted by atomic mass is 16.6. The first-order valence-electron chi connectivity index (χ1n) is 6.43. The molecule has 17 heavy (non-hydrogen) atoms. The summed E-state index contributed by atoms with van der Waals surface area (Å²) in [7, 11) is 0. The van der Waals surface area contributed by atoms with Gasteiger partial charge in [-0.25, -0.2) is 4.79 Å². The number of likely N-dealkylation sites (tertiary alicyclic amines) is 1. The Morgan fingerprint density at radius 3 is 2.24 bits per heavy atom. The van der Waals surface area contributed by atoms with Crippen molar-refractivity contribution in [2.45, 2.75) is 59.2 Å². The Labute approximate surface area is 105 Å². The first kappa shape index (κ1) is 14.3. The second-order valence-corrected chi connectivity index (χ2v) is 6.26. The molecule has 0 spiro atoms. The zero-order valence-electron chi connectivity index (χ0n) is 11.9. The lowest BCUT2D eigenvalue weighted by atomic mass is 9.92. The minimum Gasteiger partial charge on any atom is -0.444 e. The van der Waals surface area contributed by atoms with Crippen molar-refractivity contribution in [1.29, 1.82) is 0 Å². The number of ether oxygens (including phenoxy) is 1. The van der Waals surface area contributed by atoms with Crippen molar-refractivity contribution in [1.82, 2.24) is 10.2 Å². The quantitative estimate of drug-likeness (QED) is 0.825. The van der Waals surface area contributed by atoms with Gasteiger partial charge in [-0.2, -0.15) is 0 Å². The largest absolute Gasteiger partial charge is 0.444 e. The topological polar surface area (TPSA) is 41.6 Å². The monoisotopic (exact) mass is 242 g/mol. The van der Waals surface area contributed by atoms with E-state index in [1.807, 2.05) is 20.8 Å². The highest BCUT2D eigenvalue weighted by Gasteiger charge is 2.36. The summed E-state index contributed by atoms with van der Waals surface area (Å²) >= 11 is 0. The van der Waals surface area contributed by atoms with Gasteiger partial charge in [-0.05, 0) is 27.7 Å². The van der Waals surface area contributed by atoms with E-state index in [2.05, 4.69) is 26.1 Å². The number of carbonyl (C=O) groups excluding carboxylic acids is 1. The number of nitrogens with zero attached hydrogens (tertiary/aromatic N) is 1. The fourth-order valence-electron chi connectivity index (χ4n) is 1.97. The van der Waals surface area contributed by atoms with Crippen molar-refractivity contribution in [3.05, 3.63) is 0 Å². The van der Waals surface area contributed by atoms with Gasteiger partial charge in [0, 0.05) is 31.1 Å². The Morgan fingerprint density at radius 2 is 1.82 bits per heavy atom. The lowest BCUT2D eigenvalue weighted by molar-refractivity contribution is -0.00607. The molecule has 1 fully saturated rings. The maximum atomic E-state index is 11.7. The third-order valence-corrected chi connectivity index (χ3v) is 2.86. The van der Waals surface area contributed by atoms with Crippen LogP contribution in [-0.2, 0) is 4.74 Å². The molecule has 4 heteroatoms. The van der Waals surface area contributed by atoms with Crippen LogP contribution >= 0.6 is 0 Å². The fraction of sp³-hybridized carbons (Fsp3) is 0.923. The minimum absolute atomic E-state index is 0.189. The Kier molecular flexibility index (Phi) is 4.42. The Hall–Kier alpha value is -0.770. The second kappa shape index (κ2) is 5.25. The molecule has 0 radical (unpaired) electrons. The molecule has 1 saturated heterocycles. The highest BCUT2D eigenvalue weighted by molar-refractivity contribution is 5.69. The van der Waals surface area contributed by atoms with Gasteiger partial charge in [-0.3, -0.25) is 0 Å². The number of nitrogens with one attached hydrogen (secondary N) is 1. The van der Waals surface area contributed by atoms with Crippen LogP contribution in [0.4, 0.5) is 4.79 Å². The van der Waals surface area contributed by atoms with E-state index >= 15 is 0 Å². The van der Waals surface area contributed by atoms with Crippen LogP contribution < -0.4 is 5.32 Å². The average Bonchev–Trinajstić information content (AvgIpc) is 1.94.